The molecule has 0 spiro atoms. The van der Waals surface area contributed by atoms with Crippen LogP contribution in [0.4, 0.5) is 0 Å². The van der Waals surface area contributed by atoms with E-state index in [1.54, 1.807) is 17.2 Å². The van der Waals surface area contributed by atoms with Crippen molar-refractivity contribution in [2.24, 2.45) is 0 Å². The lowest BCUT2D eigenvalue weighted by molar-refractivity contribution is 0.00706. The van der Waals surface area contributed by atoms with Crippen LogP contribution in [0.15, 0.2) is 73.1 Å². The normalized spacial score (nSPS) is 23.0. The highest BCUT2D eigenvalue weighted by atomic mass is 35.5. The van der Waals surface area contributed by atoms with E-state index in [1.807, 2.05) is 48.5 Å². The number of rotatable bonds is 5. The number of fused-ring (bicyclic) bond motifs is 2. The van der Waals surface area contributed by atoms with Crippen molar-refractivity contribution >= 4 is 22.6 Å². The first kappa shape index (κ1) is 22.4. The second kappa shape index (κ2) is 8.97. The minimum absolute atomic E-state index is 0.251. The van der Waals surface area contributed by atoms with Crippen LogP contribution >= 0.6 is 11.6 Å². The number of hydrogen-bond acceptors (Lipinski definition) is 7. The second-order valence-corrected chi connectivity index (χ2v) is 9.56. The molecular weight excluding hydrogens is 494 g/mol. The van der Waals surface area contributed by atoms with Gasteiger partial charge in [0.15, 0.2) is 6.10 Å². The SMILES string of the molecule is O[C@@H]1CO[C@H]2[C@@H]1OC[C@H]2Oc1nc2cc(-c3ccc(-c4ccc(-n5nccn5)cc4)cc3)c(Cl)cc2[nH]1. The van der Waals surface area contributed by atoms with Gasteiger partial charge in [0, 0.05) is 5.56 Å². The van der Waals surface area contributed by atoms with Crippen molar-refractivity contribution in [3.8, 4) is 34.0 Å². The van der Waals surface area contributed by atoms with Gasteiger partial charge in [0.05, 0.1) is 47.4 Å². The first-order valence-corrected chi connectivity index (χ1v) is 12.3. The molecule has 2 N–H and O–H groups in total. The fourth-order valence-corrected chi connectivity index (χ4v) is 5.22. The fraction of sp³-hybridized carbons (Fsp3) is 0.222. The molecule has 4 heterocycles. The van der Waals surface area contributed by atoms with Crippen molar-refractivity contribution in [3.05, 3.63) is 78.1 Å². The van der Waals surface area contributed by atoms with E-state index in [0.29, 0.717) is 17.6 Å². The van der Waals surface area contributed by atoms with E-state index in [-0.39, 0.29) is 24.9 Å². The molecule has 10 heteroatoms. The first-order valence-electron chi connectivity index (χ1n) is 12.0. The minimum Gasteiger partial charge on any atom is -0.456 e. The Labute approximate surface area is 216 Å². The molecule has 0 bridgehead atoms. The maximum atomic E-state index is 9.95. The molecule has 9 nitrogen and oxygen atoms in total. The molecule has 2 aliphatic heterocycles. The fourth-order valence-electron chi connectivity index (χ4n) is 4.95. The van der Waals surface area contributed by atoms with E-state index in [9.17, 15) is 5.11 Å². The number of aliphatic hydroxyl groups is 1. The average Bonchev–Trinajstić information content (AvgIpc) is 3.71. The predicted octanol–water partition coefficient (Wildman–Crippen LogP) is 4.04. The predicted molar refractivity (Wildman–Crippen MR) is 137 cm³/mol. The van der Waals surface area contributed by atoms with Gasteiger partial charge in [-0.25, -0.2) is 0 Å². The summed E-state index contributed by atoms with van der Waals surface area (Å²) in [6.45, 7) is 0.589. The van der Waals surface area contributed by atoms with Gasteiger partial charge in [-0.05, 0) is 41.0 Å². The Morgan fingerprint density at radius 2 is 1.57 bits per heavy atom. The lowest BCUT2D eigenvalue weighted by Crippen LogP contribution is -2.34. The quantitative estimate of drug-likeness (QED) is 0.364. The molecule has 0 saturated carbocycles. The molecule has 7 rings (SSSR count). The number of benzene rings is 3. The lowest BCUT2D eigenvalue weighted by Gasteiger charge is -2.15. The maximum Gasteiger partial charge on any atom is 0.295 e. The number of aromatic nitrogens is 5. The van der Waals surface area contributed by atoms with Crippen LogP contribution in [0.25, 0.3) is 39.0 Å². The zero-order valence-corrected chi connectivity index (χ0v) is 20.2. The molecule has 4 atom stereocenters. The number of aliphatic hydroxyl groups excluding tert-OH is 1. The molecule has 186 valence electrons. The number of halogens is 1. The van der Waals surface area contributed by atoms with Gasteiger partial charge in [-0.1, -0.05) is 48.0 Å². The largest absolute Gasteiger partial charge is 0.456 e. The summed E-state index contributed by atoms with van der Waals surface area (Å²) in [7, 11) is 0. The number of aromatic amines is 1. The summed E-state index contributed by atoms with van der Waals surface area (Å²) in [5.74, 6) is 0. The molecule has 2 aliphatic rings. The summed E-state index contributed by atoms with van der Waals surface area (Å²) >= 11 is 6.66. The van der Waals surface area contributed by atoms with Gasteiger partial charge < -0.3 is 24.3 Å². The number of hydrogen-bond donors (Lipinski definition) is 2. The molecule has 37 heavy (non-hydrogen) atoms. The van der Waals surface area contributed by atoms with Gasteiger partial charge in [-0.3, -0.25) is 0 Å². The molecule has 2 aromatic heterocycles. The topological polar surface area (TPSA) is 107 Å². The van der Waals surface area contributed by atoms with Gasteiger partial charge in [0.1, 0.15) is 18.3 Å². The van der Waals surface area contributed by atoms with Crippen molar-refractivity contribution in [1.29, 1.82) is 0 Å². The molecule has 0 aliphatic carbocycles. The van der Waals surface area contributed by atoms with E-state index in [4.69, 9.17) is 25.8 Å². The Morgan fingerprint density at radius 3 is 2.32 bits per heavy atom. The number of H-pyrrole nitrogens is 1. The van der Waals surface area contributed by atoms with Crippen molar-refractivity contribution in [3.63, 3.8) is 0 Å². The number of ether oxygens (including phenoxy) is 3. The third-order valence-corrected chi connectivity index (χ3v) is 7.15. The van der Waals surface area contributed by atoms with Crippen molar-refractivity contribution in [2.75, 3.05) is 13.2 Å². The minimum atomic E-state index is -0.624. The van der Waals surface area contributed by atoms with Crippen molar-refractivity contribution in [1.82, 2.24) is 25.0 Å². The van der Waals surface area contributed by atoms with Gasteiger partial charge >= 0.3 is 0 Å². The smallest absolute Gasteiger partial charge is 0.295 e. The molecular formula is C27H22ClN5O4. The Balaban J connectivity index is 1.11. The molecule has 3 aromatic carbocycles. The van der Waals surface area contributed by atoms with Crippen LogP contribution in [-0.4, -0.2) is 67.7 Å². The maximum absolute atomic E-state index is 9.95. The van der Waals surface area contributed by atoms with Crippen LogP contribution in [-0.2, 0) is 9.47 Å². The van der Waals surface area contributed by atoms with Gasteiger partial charge in [0.2, 0.25) is 0 Å². The van der Waals surface area contributed by atoms with Crippen LogP contribution in [0.1, 0.15) is 0 Å². The summed E-state index contributed by atoms with van der Waals surface area (Å²) in [6, 6.07) is 20.5. The molecule has 5 aromatic rings. The number of nitrogens with one attached hydrogen (secondary N) is 1. The summed E-state index contributed by atoms with van der Waals surface area (Å²) in [5, 5.41) is 18.9. The highest BCUT2D eigenvalue weighted by Crippen LogP contribution is 2.35. The average molecular weight is 516 g/mol. The molecule has 0 unspecified atom stereocenters. The number of nitrogens with zero attached hydrogens (tertiary/aromatic N) is 4. The van der Waals surface area contributed by atoms with Crippen LogP contribution in [0, 0.1) is 0 Å². The highest BCUT2D eigenvalue weighted by molar-refractivity contribution is 6.34. The van der Waals surface area contributed by atoms with Crippen molar-refractivity contribution < 1.29 is 19.3 Å². The van der Waals surface area contributed by atoms with Gasteiger partial charge in [-0.2, -0.15) is 20.0 Å². The van der Waals surface area contributed by atoms with Crippen LogP contribution < -0.4 is 4.74 Å². The lowest BCUT2D eigenvalue weighted by atomic mass is 10.00. The van der Waals surface area contributed by atoms with Gasteiger partial charge in [-0.15, -0.1) is 0 Å². The second-order valence-electron chi connectivity index (χ2n) is 9.15. The summed E-state index contributed by atoms with van der Waals surface area (Å²) in [5.41, 5.74) is 6.47. The summed E-state index contributed by atoms with van der Waals surface area (Å²) in [6.07, 6.45) is 1.68. The van der Waals surface area contributed by atoms with Crippen LogP contribution in [0.5, 0.6) is 6.01 Å². The highest BCUT2D eigenvalue weighted by Gasteiger charge is 2.48. The summed E-state index contributed by atoms with van der Waals surface area (Å²) < 4.78 is 17.3. The van der Waals surface area contributed by atoms with E-state index < -0.39 is 6.10 Å². The Kier molecular flexibility index (Phi) is 5.44. The first-order chi connectivity index (χ1) is 18.1. The van der Waals surface area contributed by atoms with Crippen molar-refractivity contribution in [2.45, 2.75) is 24.4 Å². The van der Waals surface area contributed by atoms with E-state index in [0.717, 1.165) is 39.0 Å². The van der Waals surface area contributed by atoms with Crippen LogP contribution in [0.2, 0.25) is 5.02 Å². The molecule has 0 amide bonds. The number of imidazole rings is 1. The van der Waals surface area contributed by atoms with E-state index in [1.165, 1.54) is 0 Å². The molecule has 2 saturated heterocycles. The third kappa shape index (κ3) is 4.06. The third-order valence-electron chi connectivity index (χ3n) is 6.84. The van der Waals surface area contributed by atoms with Crippen LogP contribution in [0.3, 0.4) is 0 Å². The molecule has 0 radical (unpaired) electrons. The Bertz CT molecular complexity index is 1550. The standard InChI is InChI=1S/C27H22ClN5O4/c28-20-12-22-21(31-27(32-22)37-24-14-36-25-23(34)13-35-26(24)25)11-19(20)17-3-1-15(2-4-17)16-5-7-18(8-6-16)33-29-9-10-30-33/h1-12,23-26,34H,13-14H2,(H,31,32)/t23-,24-,25-,26-/m1/s1. The summed E-state index contributed by atoms with van der Waals surface area (Å²) in [4.78, 5) is 9.37. The Morgan fingerprint density at radius 1 is 0.892 bits per heavy atom. The zero-order chi connectivity index (χ0) is 24.9. The van der Waals surface area contributed by atoms with E-state index in [2.05, 4.69) is 32.3 Å². The Hall–Kier alpha value is -3.76. The monoisotopic (exact) mass is 515 g/mol. The zero-order valence-electron chi connectivity index (χ0n) is 19.5. The molecule has 2 fully saturated rings. The van der Waals surface area contributed by atoms with E-state index >= 15 is 0 Å². The van der Waals surface area contributed by atoms with Gasteiger partial charge in [0.25, 0.3) is 6.01 Å².